The van der Waals surface area contributed by atoms with Crippen LogP contribution in [0.3, 0.4) is 0 Å². The minimum Gasteiger partial charge on any atom is -0.249 e. The Labute approximate surface area is 90.4 Å². The van der Waals surface area contributed by atoms with E-state index in [1.165, 1.54) is 25.7 Å². The van der Waals surface area contributed by atoms with Crippen molar-refractivity contribution in [3.63, 3.8) is 0 Å². The van der Waals surface area contributed by atoms with Gasteiger partial charge < -0.3 is 0 Å². The Balaban J connectivity index is 2.39. The summed E-state index contributed by atoms with van der Waals surface area (Å²) >= 11 is 5.71. The highest BCUT2D eigenvalue weighted by molar-refractivity contribution is 6.16. The van der Waals surface area contributed by atoms with Gasteiger partial charge in [0.1, 0.15) is 5.69 Å². The van der Waals surface area contributed by atoms with E-state index in [9.17, 15) is 0 Å². The smallest absolute Gasteiger partial charge is 0.100 e. The summed E-state index contributed by atoms with van der Waals surface area (Å²) in [5.41, 5.74) is 2.01. The molecule has 80 valence electrons. The molecular formula is C10H18ClN3. The largest absolute Gasteiger partial charge is 0.249 e. The van der Waals surface area contributed by atoms with Gasteiger partial charge in [0.25, 0.3) is 0 Å². The Hall–Kier alpha value is -0.570. The van der Waals surface area contributed by atoms with Gasteiger partial charge in [-0.25, -0.2) is 4.68 Å². The first kappa shape index (κ1) is 11.5. The van der Waals surface area contributed by atoms with Crippen LogP contribution in [0.4, 0.5) is 0 Å². The zero-order valence-corrected chi connectivity index (χ0v) is 9.72. The zero-order chi connectivity index (χ0) is 10.4. The number of unbranched alkanes of at least 4 members (excludes halogenated alkanes) is 3. The van der Waals surface area contributed by atoms with E-state index in [-0.39, 0.29) is 0 Å². The SMILES string of the molecule is CCCCCCn1nnc(CCl)c1C. The molecule has 0 spiro atoms. The molecule has 3 nitrogen and oxygen atoms in total. The van der Waals surface area contributed by atoms with Crippen molar-refractivity contribution >= 4 is 11.6 Å². The van der Waals surface area contributed by atoms with Crippen molar-refractivity contribution in [3.8, 4) is 0 Å². The highest BCUT2D eigenvalue weighted by Crippen LogP contribution is 2.08. The van der Waals surface area contributed by atoms with E-state index >= 15 is 0 Å². The lowest BCUT2D eigenvalue weighted by Gasteiger charge is -2.02. The summed E-state index contributed by atoms with van der Waals surface area (Å²) in [6.45, 7) is 5.21. The van der Waals surface area contributed by atoms with Crippen molar-refractivity contribution in [3.05, 3.63) is 11.4 Å². The van der Waals surface area contributed by atoms with Crippen LogP contribution in [-0.4, -0.2) is 15.0 Å². The molecule has 0 amide bonds. The molecule has 4 heteroatoms. The van der Waals surface area contributed by atoms with Gasteiger partial charge in [0.15, 0.2) is 0 Å². The zero-order valence-electron chi connectivity index (χ0n) is 8.96. The van der Waals surface area contributed by atoms with Crippen LogP contribution in [0, 0.1) is 6.92 Å². The van der Waals surface area contributed by atoms with Gasteiger partial charge in [-0.2, -0.15) is 0 Å². The number of aromatic nitrogens is 3. The molecule has 0 radical (unpaired) electrons. The quantitative estimate of drug-likeness (QED) is 0.540. The summed E-state index contributed by atoms with van der Waals surface area (Å²) in [6.07, 6.45) is 5.02. The molecule has 0 saturated heterocycles. The molecule has 0 bridgehead atoms. The minimum atomic E-state index is 0.459. The molecule has 0 aliphatic carbocycles. The lowest BCUT2D eigenvalue weighted by molar-refractivity contribution is 0.519. The molecule has 0 aromatic carbocycles. The van der Waals surface area contributed by atoms with E-state index in [0.29, 0.717) is 5.88 Å². The van der Waals surface area contributed by atoms with Crippen LogP contribution < -0.4 is 0 Å². The van der Waals surface area contributed by atoms with Crippen LogP contribution >= 0.6 is 11.6 Å². The highest BCUT2D eigenvalue weighted by Gasteiger charge is 2.05. The number of rotatable bonds is 6. The third-order valence-electron chi connectivity index (χ3n) is 2.43. The Bertz CT molecular complexity index is 270. The molecule has 1 heterocycles. The summed E-state index contributed by atoms with van der Waals surface area (Å²) in [4.78, 5) is 0. The van der Waals surface area contributed by atoms with Crippen LogP contribution in [0.1, 0.15) is 44.0 Å². The van der Waals surface area contributed by atoms with Gasteiger partial charge in [-0.1, -0.05) is 31.4 Å². The maximum atomic E-state index is 5.71. The predicted molar refractivity (Wildman–Crippen MR) is 58.5 cm³/mol. The van der Waals surface area contributed by atoms with Crippen molar-refractivity contribution in [2.24, 2.45) is 0 Å². The van der Waals surface area contributed by atoms with E-state index in [1.54, 1.807) is 0 Å². The highest BCUT2D eigenvalue weighted by atomic mass is 35.5. The van der Waals surface area contributed by atoms with Gasteiger partial charge in [-0.05, 0) is 13.3 Å². The normalized spacial score (nSPS) is 10.8. The molecule has 0 fully saturated rings. The van der Waals surface area contributed by atoms with Gasteiger partial charge in [0, 0.05) is 6.54 Å². The fourth-order valence-corrected chi connectivity index (χ4v) is 1.67. The summed E-state index contributed by atoms with van der Waals surface area (Å²) < 4.78 is 1.95. The molecule has 0 unspecified atom stereocenters. The van der Waals surface area contributed by atoms with Crippen molar-refractivity contribution < 1.29 is 0 Å². The van der Waals surface area contributed by atoms with Gasteiger partial charge in [-0.15, -0.1) is 16.7 Å². The standard InChI is InChI=1S/C10H18ClN3/c1-3-4-5-6-7-14-9(2)10(8-11)12-13-14/h3-8H2,1-2H3. The van der Waals surface area contributed by atoms with Gasteiger partial charge in [-0.3, -0.25) is 0 Å². The number of hydrogen-bond donors (Lipinski definition) is 0. The molecule has 1 aromatic rings. The Kier molecular flexibility index (Phi) is 4.94. The summed E-state index contributed by atoms with van der Waals surface area (Å²) in [7, 11) is 0. The van der Waals surface area contributed by atoms with Gasteiger partial charge in [0.05, 0.1) is 11.6 Å². The van der Waals surface area contributed by atoms with E-state index in [4.69, 9.17) is 11.6 Å². The number of hydrogen-bond acceptors (Lipinski definition) is 2. The second kappa shape index (κ2) is 6.02. The molecule has 0 aliphatic rings. The average molecular weight is 216 g/mol. The van der Waals surface area contributed by atoms with Crippen LogP contribution in [0.25, 0.3) is 0 Å². The van der Waals surface area contributed by atoms with E-state index < -0.39 is 0 Å². The first-order valence-electron chi connectivity index (χ1n) is 5.24. The maximum Gasteiger partial charge on any atom is 0.100 e. The van der Waals surface area contributed by atoms with Crippen LogP contribution in [0.15, 0.2) is 0 Å². The van der Waals surface area contributed by atoms with E-state index in [1.807, 2.05) is 11.6 Å². The third kappa shape index (κ3) is 2.98. The monoisotopic (exact) mass is 215 g/mol. The van der Waals surface area contributed by atoms with Gasteiger partial charge in [0.2, 0.25) is 0 Å². The first-order valence-corrected chi connectivity index (χ1v) is 5.78. The lowest BCUT2D eigenvalue weighted by Crippen LogP contribution is -2.02. The topological polar surface area (TPSA) is 30.7 Å². The van der Waals surface area contributed by atoms with Crippen molar-refractivity contribution in [1.29, 1.82) is 0 Å². The number of halogens is 1. The molecule has 0 saturated carbocycles. The Morgan fingerprint density at radius 1 is 1.29 bits per heavy atom. The van der Waals surface area contributed by atoms with Crippen molar-refractivity contribution in [2.45, 2.75) is 52.0 Å². The molecular weight excluding hydrogens is 198 g/mol. The predicted octanol–water partition coefficient (Wildman–Crippen LogP) is 2.91. The lowest BCUT2D eigenvalue weighted by atomic mass is 10.2. The second-order valence-corrected chi connectivity index (χ2v) is 3.81. The van der Waals surface area contributed by atoms with Crippen molar-refractivity contribution in [1.82, 2.24) is 15.0 Å². The minimum absolute atomic E-state index is 0.459. The third-order valence-corrected chi connectivity index (χ3v) is 2.68. The fraction of sp³-hybridized carbons (Fsp3) is 0.800. The van der Waals surface area contributed by atoms with Crippen LogP contribution in [0.5, 0.6) is 0 Å². The number of alkyl halides is 1. The molecule has 14 heavy (non-hydrogen) atoms. The Morgan fingerprint density at radius 3 is 2.64 bits per heavy atom. The number of nitrogens with zero attached hydrogens (tertiary/aromatic N) is 3. The van der Waals surface area contributed by atoms with Crippen LogP contribution in [-0.2, 0) is 12.4 Å². The Morgan fingerprint density at radius 2 is 2.07 bits per heavy atom. The number of aryl methyl sites for hydroxylation is 1. The summed E-state index contributed by atoms with van der Waals surface area (Å²) in [5, 5.41) is 8.08. The van der Waals surface area contributed by atoms with E-state index in [0.717, 1.165) is 17.9 Å². The average Bonchev–Trinajstić information content (AvgIpc) is 2.55. The summed E-state index contributed by atoms with van der Waals surface area (Å²) in [6, 6.07) is 0. The fourth-order valence-electron chi connectivity index (χ4n) is 1.42. The molecule has 0 atom stereocenters. The van der Waals surface area contributed by atoms with Crippen LogP contribution in [0.2, 0.25) is 0 Å². The van der Waals surface area contributed by atoms with Crippen molar-refractivity contribution in [2.75, 3.05) is 0 Å². The molecule has 1 rings (SSSR count). The second-order valence-electron chi connectivity index (χ2n) is 3.54. The molecule has 1 aromatic heterocycles. The molecule has 0 aliphatic heterocycles. The van der Waals surface area contributed by atoms with E-state index in [2.05, 4.69) is 17.2 Å². The first-order chi connectivity index (χ1) is 6.79. The maximum absolute atomic E-state index is 5.71. The molecule has 0 N–H and O–H groups in total. The van der Waals surface area contributed by atoms with Gasteiger partial charge >= 0.3 is 0 Å². The summed E-state index contributed by atoms with van der Waals surface area (Å²) in [5.74, 6) is 0.459.